The maximum absolute atomic E-state index is 11.9. The predicted molar refractivity (Wildman–Crippen MR) is 110 cm³/mol. The highest BCUT2D eigenvalue weighted by atomic mass is 35.5. The molecule has 1 fully saturated rings. The number of aliphatic imine (C=N–C) groups is 1. The Morgan fingerprint density at radius 3 is 2.74 bits per heavy atom. The summed E-state index contributed by atoms with van der Waals surface area (Å²) in [5.74, 6) is 0.636. The molecular formula is C20H31ClN4O2. The van der Waals surface area contributed by atoms with Gasteiger partial charge in [-0.25, -0.2) is 4.99 Å². The van der Waals surface area contributed by atoms with Crippen LogP contribution in [0.5, 0.6) is 0 Å². The van der Waals surface area contributed by atoms with Crippen molar-refractivity contribution in [2.45, 2.75) is 31.6 Å². The lowest BCUT2D eigenvalue weighted by atomic mass is 9.96. The number of benzene rings is 1. The Kier molecular flexibility index (Phi) is 8.38. The fourth-order valence-corrected chi connectivity index (χ4v) is 2.97. The number of nitrogens with zero attached hydrogens (tertiary/aromatic N) is 2. The molecule has 0 aliphatic heterocycles. The zero-order valence-corrected chi connectivity index (χ0v) is 17.3. The van der Waals surface area contributed by atoms with E-state index in [9.17, 15) is 4.79 Å². The van der Waals surface area contributed by atoms with Crippen molar-refractivity contribution in [1.82, 2.24) is 15.5 Å². The van der Waals surface area contributed by atoms with Crippen LogP contribution in [0.3, 0.4) is 0 Å². The monoisotopic (exact) mass is 394 g/mol. The Morgan fingerprint density at radius 2 is 2.11 bits per heavy atom. The SMILES string of the molecule is CCOCCCNC(=NCC(=O)N(C)C)NCC1(c2cccc(Cl)c2)CC1. The van der Waals surface area contributed by atoms with Crippen molar-refractivity contribution < 1.29 is 9.53 Å². The quantitative estimate of drug-likeness (QED) is 0.363. The average Bonchev–Trinajstić information content (AvgIpc) is 3.44. The van der Waals surface area contributed by atoms with E-state index < -0.39 is 0 Å². The van der Waals surface area contributed by atoms with E-state index in [2.05, 4.69) is 21.7 Å². The first-order valence-electron chi connectivity index (χ1n) is 9.53. The molecule has 1 aliphatic rings. The van der Waals surface area contributed by atoms with Gasteiger partial charge >= 0.3 is 0 Å². The molecule has 0 radical (unpaired) electrons. The summed E-state index contributed by atoms with van der Waals surface area (Å²) in [5, 5.41) is 7.47. The molecule has 0 aromatic heterocycles. The molecule has 0 bridgehead atoms. The van der Waals surface area contributed by atoms with E-state index in [0.717, 1.165) is 44.0 Å². The molecule has 1 saturated carbocycles. The molecule has 0 spiro atoms. The topological polar surface area (TPSA) is 66.0 Å². The van der Waals surface area contributed by atoms with E-state index in [1.54, 1.807) is 19.0 Å². The highest BCUT2D eigenvalue weighted by molar-refractivity contribution is 6.30. The van der Waals surface area contributed by atoms with Crippen molar-refractivity contribution in [3.63, 3.8) is 0 Å². The Hall–Kier alpha value is -1.79. The second-order valence-electron chi connectivity index (χ2n) is 7.07. The summed E-state index contributed by atoms with van der Waals surface area (Å²) in [6.07, 6.45) is 3.12. The smallest absolute Gasteiger partial charge is 0.243 e. The summed E-state index contributed by atoms with van der Waals surface area (Å²) in [6, 6.07) is 8.06. The van der Waals surface area contributed by atoms with Gasteiger partial charge in [0.2, 0.25) is 5.91 Å². The van der Waals surface area contributed by atoms with Gasteiger partial charge in [-0.2, -0.15) is 0 Å². The van der Waals surface area contributed by atoms with Crippen molar-refractivity contribution in [1.29, 1.82) is 0 Å². The molecule has 0 atom stereocenters. The summed E-state index contributed by atoms with van der Waals surface area (Å²) in [6.45, 7) is 5.04. The van der Waals surface area contributed by atoms with Crippen molar-refractivity contribution in [3.8, 4) is 0 Å². The largest absolute Gasteiger partial charge is 0.382 e. The molecule has 0 unspecified atom stereocenters. The van der Waals surface area contributed by atoms with Crippen LogP contribution in [0.25, 0.3) is 0 Å². The van der Waals surface area contributed by atoms with Crippen LogP contribution in [0.2, 0.25) is 5.02 Å². The third kappa shape index (κ3) is 7.03. The van der Waals surface area contributed by atoms with Crippen LogP contribution in [-0.4, -0.2) is 63.7 Å². The van der Waals surface area contributed by atoms with Crippen LogP contribution >= 0.6 is 11.6 Å². The number of hydrogen-bond acceptors (Lipinski definition) is 3. The van der Waals surface area contributed by atoms with E-state index in [0.29, 0.717) is 12.6 Å². The Morgan fingerprint density at radius 1 is 1.33 bits per heavy atom. The lowest BCUT2D eigenvalue weighted by Crippen LogP contribution is -2.42. The first-order valence-corrected chi connectivity index (χ1v) is 9.91. The number of guanidine groups is 1. The molecule has 0 saturated heterocycles. The number of halogens is 1. The summed E-state index contributed by atoms with van der Waals surface area (Å²) in [4.78, 5) is 17.9. The molecule has 2 N–H and O–H groups in total. The minimum absolute atomic E-state index is 0.0265. The van der Waals surface area contributed by atoms with Crippen molar-refractivity contribution in [2.24, 2.45) is 4.99 Å². The molecule has 6 nitrogen and oxygen atoms in total. The van der Waals surface area contributed by atoms with Gasteiger partial charge < -0.3 is 20.3 Å². The van der Waals surface area contributed by atoms with Crippen LogP contribution < -0.4 is 10.6 Å². The molecule has 2 rings (SSSR count). The maximum Gasteiger partial charge on any atom is 0.243 e. The normalized spacial score (nSPS) is 15.3. The van der Waals surface area contributed by atoms with Crippen LogP contribution in [-0.2, 0) is 14.9 Å². The van der Waals surface area contributed by atoms with Crippen LogP contribution in [0.1, 0.15) is 31.7 Å². The van der Waals surface area contributed by atoms with Crippen LogP contribution in [0, 0.1) is 0 Å². The van der Waals surface area contributed by atoms with Crippen LogP contribution in [0.4, 0.5) is 0 Å². The zero-order valence-electron chi connectivity index (χ0n) is 16.6. The van der Waals surface area contributed by atoms with Gasteiger partial charge in [-0.15, -0.1) is 0 Å². The zero-order chi connectivity index (χ0) is 19.7. The molecule has 1 amide bonds. The average molecular weight is 395 g/mol. The van der Waals surface area contributed by atoms with Gasteiger partial charge in [0.1, 0.15) is 6.54 Å². The molecular weight excluding hydrogens is 364 g/mol. The minimum atomic E-state index is -0.0265. The van der Waals surface area contributed by atoms with Gasteiger partial charge in [0.05, 0.1) is 0 Å². The summed E-state index contributed by atoms with van der Waals surface area (Å²) < 4.78 is 5.36. The standard InChI is InChI=1S/C20H31ClN4O2/c1-4-27-12-6-11-22-19(23-14-18(26)25(2)3)24-15-20(9-10-20)16-7-5-8-17(21)13-16/h5,7-8,13H,4,6,9-12,14-15H2,1-3H3,(H2,22,23,24). The maximum atomic E-state index is 11.9. The highest BCUT2D eigenvalue weighted by Crippen LogP contribution is 2.48. The van der Waals surface area contributed by atoms with Crippen LogP contribution in [0.15, 0.2) is 29.3 Å². The number of nitrogens with one attached hydrogen (secondary N) is 2. The number of amides is 1. The number of likely N-dealkylation sites (N-methyl/N-ethyl adjacent to an activating group) is 1. The third-order valence-electron chi connectivity index (χ3n) is 4.72. The second-order valence-corrected chi connectivity index (χ2v) is 7.51. The van der Waals surface area contributed by atoms with E-state index in [1.807, 2.05) is 25.1 Å². The molecule has 27 heavy (non-hydrogen) atoms. The van der Waals surface area contributed by atoms with E-state index >= 15 is 0 Å². The molecule has 1 aromatic rings. The highest BCUT2D eigenvalue weighted by Gasteiger charge is 2.44. The fraction of sp³-hybridized carbons (Fsp3) is 0.600. The molecule has 150 valence electrons. The van der Waals surface area contributed by atoms with Crippen molar-refractivity contribution >= 4 is 23.5 Å². The number of ether oxygens (including phenoxy) is 1. The van der Waals surface area contributed by atoms with Gasteiger partial charge in [-0.05, 0) is 43.9 Å². The first-order chi connectivity index (χ1) is 13.0. The molecule has 1 aromatic carbocycles. The Bertz CT molecular complexity index is 645. The second kappa shape index (κ2) is 10.5. The predicted octanol–water partition coefficient (Wildman–Crippen LogP) is 2.42. The Labute approximate surface area is 167 Å². The van der Waals surface area contributed by atoms with Gasteiger partial charge in [0.25, 0.3) is 0 Å². The number of carbonyl (C=O) groups excluding carboxylic acids is 1. The molecule has 1 aliphatic carbocycles. The lowest BCUT2D eigenvalue weighted by Gasteiger charge is -2.20. The lowest BCUT2D eigenvalue weighted by molar-refractivity contribution is -0.127. The molecule has 7 heteroatoms. The summed E-state index contributed by atoms with van der Waals surface area (Å²) in [5.41, 5.74) is 1.35. The first kappa shape index (κ1) is 21.5. The fourth-order valence-electron chi connectivity index (χ4n) is 2.78. The summed E-state index contributed by atoms with van der Waals surface area (Å²) in [7, 11) is 3.47. The molecule has 0 heterocycles. The van der Waals surface area contributed by atoms with E-state index in [1.165, 1.54) is 5.56 Å². The minimum Gasteiger partial charge on any atom is -0.382 e. The van der Waals surface area contributed by atoms with Gasteiger partial charge in [0.15, 0.2) is 5.96 Å². The third-order valence-corrected chi connectivity index (χ3v) is 4.95. The number of carbonyl (C=O) groups is 1. The number of hydrogen-bond donors (Lipinski definition) is 2. The van der Waals surface area contributed by atoms with E-state index in [-0.39, 0.29) is 17.9 Å². The van der Waals surface area contributed by atoms with E-state index in [4.69, 9.17) is 16.3 Å². The van der Waals surface area contributed by atoms with Gasteiger partial charge in [-0.3, -0.25) is 4.79 Å². The van der Waals surface area contributed by atoms with Gasteiger partial charge in [-0.1, -0.05) is 23.7 Å². The Balaban J connectivity index is 1.94. The number of rotatable bonds is 10. The van der Waals surface area contributed by atoms with Crippen molar-refractivity contribution in [3.05, 3.63) is 34.9 Å². The summed E-state index contributed by atoms with van der Waals surface area (Å²) >= 11 is 6.16. The van der Waals surface area contributed by atoms with Gasteiger partial charge in [0, 0.05) is 50.8 Å². The van der Waals surface area contributed by atoms with Crippen molar-refractivity contribution in [2.75, 3.05) is 46.9 Å².